The molecule has 1 fully saturated rings. The summed E-state index contributed by atoms with van der Waals surface area (Å²) in [4.78, 5) is 0. The monoisotopic (exact) mass is 294 g/mol. The predicted molar refractivity (Wildman–Crippen MR) is 96.8 cm³/mol. The molecule has 1 N–H and O–H groups in total. The third kappa shape index (κ3) is 4.94. The molecule has 1 aliphatic carbocycles. The fourth-order valence-corrected chi connectivity index (χ4v) is 3.06. The van der Waals surface area contributed by atoms with Gasteiger partial charge in [0.05, 0.1) is 7.85 Å². The molecule has 2 heteroatoms. The van der Waals surface area contributed by atoms with E-state index in [0.717, 1.165) is 0 Å². The Morgan fingerprint density at radius 2 is 1.23 bits per heavy atom. The van der Waals surface area contributed by atoms with Crippen LogP contribution in [0.1, 0.15) is 56.1 Å². The zero-order chi connectivity index (χ0) is 16.4. The van der Waals surface area contributed by atoms with Gasteiger partial charge < -0.3 is 5.11 Å². The molecule has 0 aromatic heterocycles. The largest absolute Gasteiger partial charge is 0.508 e. The number of phenolic OH excluding ortho intramolecular Hbond substituents is 1. The number of benzene rings is 2. The third-order valence-electron chi connectivity index (χ3n) is 4.07. The number of phenols is 1. The van der Waals surface area contributed by atoms with Crippen molar-refractivity contribution in [3.8, 4) is 5.75 Å². The average molecular weight is 294 g/mol. The summed E-state index contributed by atoms with van der Waals surface area (Å²) in [6.45, 7) is 5.50. The second kappa shape index (κ2) is 10.1. The summed E-state index contributed by atoms with van der Waals surface area (Å²) < 4.78 is 0. The van der Waals surface area contributed by atoms with E-state index < -0.39 is 0 Å². The van der Waals surface area contributed by atoms with Crippen LogP contribution in [0.5, 0.6) is 5.75 Å². The van der Waals surface area contributed by atoms with E-state index in [1.165, 1.54) is 37.2 Å². The Morgan fingerprint density at radius 3 is 1.73 bits per heavy atom. The lowest BCUT2D eigenvalue weighted by atomic mass is 9.93. The molecule has 2 radical (unpaired) electrons. The van der Waals surface area contributed by atoms with Crippen molar-refractivity contribution in [1.82, 2.24) is 0 Å². The van der Waals surface area contributed by atoms with E-state index in [9.17, 15) is 5.11 Å². The minimum atomic E-state index is 0.358. The van der Waals surface area contributed by atoms with Gasteiger partial charge in [0.15, 0.2) is 0 Å². The van der Waals surface area contributed by atoms with E-state index in [0.29, 0.717) is 17.6 Å². The van der Waals surface area contributed by atoms with Crippen molar-refractivity contribution < 1.29 is 5.11 Å². The van der Waals surface area contributed by atoms with Crippen LogP contribution in [-0.2, 0) is 0 Å². The van der Waals surface area contributed by atoms with Crippen LogP contribution in [0.2, 0.25) is 6.82 Å². The minimum absolute atomic E-state index is 0.358. The molecule has 1 nitrogen and oxygen atoms in total. The van der Waals surface area contributed by atoms with Crippen molar-refractivity contribution in [2.45, 2.75) is 51.8 Å². The molecule has 0 heterocycles. The molecule has 0 amide bonds. The van der Waals surface area contributed by atoms with Crippen LogP contribution in [0.4, 0.5) is 0 Å². The van der Waals surface area contributed by atoms with Gasteiger partial charge in [0.1, 0.15) is 5.75 Å². The summed E-state index contributed by atoms with van der Waals surface area (Å²) in [5.41, 5.74) is 2.84. The molecule has 116 valence electrons. The van der Waals surface area contributed by atoms with Crippen LogP contribution in [0, 0.1) is 0 Å². The fraction of sp³-hybridized carbons (Fsp3) is 0.400. The molecule has 2 aromatic carbocycles. The highest BCUT2D eigenvalue weighted by atomic mass is 16.3. The first-order valence-electron chi connectivity index (χ1n) is 8.24. The van der Waals surface area contributed by atoms with Crippen LogP contribution in [-0.4, -0.2) is 13.0 Å². The molecule has 0 saturated heterocycles. The van der Waals surface area contributed by atoms with Crippen molar-refractivity contribution >= 4 is 7.85 Å². The van der Waals surface area contributed by atoms with Gasteiger partial charge >= 0.3 is 0 Å². The predicted octanol–water partition coefficient (Wildman–Crippen LogP) is 5.67. The van der Waals surface area contributed by atoms with Gasteiger partial charge in [0.25, 0.3) is 0 Å². The number of hydrogen-bond donors (Lipinski definition) is 1. The van der Waals surface area contributed by atoms with Gasteiger partial charge in [-0.3, -0.25) is 0 Å². The van der Waals surface area contributed by atoms with Crippen molar-refractivity contribution in [3.05, 3.63) is 65.7 Å². The Kier molecular flexibility index (Phi) is 8.43. The molecular weight excluding hydrogens is 267 g/mol. The van der Waals surface area contributed by atoms with Crippen LogP contribution in [0.25, 0.3) is 0 Å². The minimum Gasteiger partial charge on any atom is -0.508 e. The maximum Gasteiger partial charge on any atom is 0.115 e. The first-order chi connectivity index (χ1) is 10.8. The van der Waals surface area contributed by atoms with Crippen LogP contribution < -0.4 is 0 Å². The third-order valence-corrected chi connectivity index (χ3v) is 4.07. The summed E-state index contributed by atoms with van der Waals surface area (Å²) in [6.07, 6.45) is 3.76. The van der Waals surface area contributed by atoms with Gasteiger partial charge in [-0.15, -0.1) is 0 Å². The van der Waals surface area contributed by atoms with Gasteiger partial charge in [-0.1, -0.05) is 63.1 Å². The first-order valence-corrected chi connectivity index (χ1v) is 8.24. The summed E-state index contributed by atoms with van der Waals surface area (Å²) in [5.74, 6) is 1.71. The molecular formula is C20H27BO. The second-order valence-electron chi connectivity index (χ2n) is 5.21. The van der Waals surface area contributed by atoms with Crippen molar-refractivity contribution in [3.63, 3.8) is 0 Å². The Labute approximate surface area is 136 Å². The van der Waals surface area contributed by atoms with Gasteiger partial charge in [-0.05, 0) is 54.4 Å². The van der Waals surface area contributed by atoms with E-state index in [4.69, 9.17) is 0 Å². The van der Waals surface area contributed by atoms with E-state index in [2.05, 4.69) is 50.3 Å². The molecule has 0 aliphatic heterocycles. The smallest absolute Gasteiger partial charge is 0.115 e. The van der Waals surface area contributed by atoms with Crippen LogP contribution in [0.15, 0.2) is 54.6 Å². The normalized spacial score (nSPS) is 19.4. The summed E-state index contributed by atoms with van der Waals surface area (Å²) in [7, 11) is 4.50. The molecule has 2 aromatic rings. The van der Waals surface area contributed by atoms with Gasteiger partial charge in [-0.2, -0.15) is 0 Å². The van der Waals surface area contributed by atoms with Crippen molar-refractivity contribution in [2.24, 2.45) is 0 Å². The van der Waals surface area contributed by atoms with Crippen LogP contribution >= 0.6 is 0 Å². The topological polar surface area (TPSA) is 20.2 Å². The Bertz CT molecular complexity index is 507. The zero-order valence-electron chi connectivity index (χ0n) is 14.0. The van der Waals surface area contributed by atoms with E-state index in [1.54, 1.807) is 12.1 Å². The van der Waals surface area contributed by atoms with Crippen molar-refractivity contribution in [1.29, 1.82) is 0 Å². The maximum absolute atomic E-state index is 9.33. The molecule has 1 aliphatic rings. The zero-order valence-corrected chi connectivity index (χ0v) is 14.0. The number of aromatic hydroxyl groups is 1. The molecule has 2 atom stereocenters. The first kappa shape index (κ1) is 18.4. The molecule has 0 spiro atoms. The van der Waals surface area contributed by atoms with Gasteiger partial charge in [-0.25, -0.2) is 0 Å². The standard InChI is InChI=1S/C17H18O.C2H6.CH3B/c18-17-10-8-14(9-11-17)16-7-6-15(12-16)13-4-2-1-3-5-13;2*1-2/h1-5,8-11,15-16,18H,6-7,12H2;1-2H3;1H3. The lowest BCUT2D eigenvalue weighted by molar-refractivity contribution is 0.475. The van der Waals surface area contributed by atoms with Gasteiger partial charge in [0, 0.05) is 0 Å². The van der Waals surface area contributed by atoms with E-state index in [1.807, 2.05) is 13.8 Å². The lowest BCUT2D eigenvalue weighted by Gasteiger charge is -2.12. The Balaban J connectivity index is 0.000000561. The van der Waals surface area contributed by atoms with Crippen molar-refractivity contribution in [2.75, 3.05) is 0 Å². The summed E-state index contributed by atoms with van der Waals surface area (Å²) in [6, 6.07) is 18.5. The average Bonchev–Trinajstić information content (AvgIpc) is 3.10. The fourth-order valence-electron chi connectivity index (χ4n) is 3.06. The lowest BCUT2D eigenvalue weighted by Crippen LogP contribution is -1.95. The number of hydrogen-bond acceptors (Lipinski definition) is 1. The Hall–Kier alpha value is -1.70. The Morgan fingerprint density at radius 1 is 0.773 bits per heavy atom. The molecule has 22 heavy (non-hydrogen) atoms. The SMILES string of the molecule is CC.Oc1ccc(C2CCC(c3ccccc3)C2)cc1.[B]C. The molecule has 1 saturated carbocycles. The number of rotatable bonds is 2. The molecule has 2 unspecified atom stereocenters. The molecule has 3 rings (SSSR count). The second-order valence-corrected chi connectivity index (χ2v) is 5.21. The highest BCUT2D eigenvalue weighted by molar-refractivity contribution is 6.05. The van der Waals surface area contributed by atoms with Crippen LogP contribution in [0.3, 0.4) is 0 Å². The highest BCUT2D eigenvalue weighted by Crippen LogP contribution is 2.43. The summed E-state index contributed by atoms with van der Waals surface area (Å²) >= 11 is 0. The quantitative estimate of drug-likeness (QED) is 0.707. The summed E-state index contributed by atoms with van der Waals surface area (Å²) in [5, 5.41) is 9.33. The highest BCUT2D eigenvalue weighted by Gasteiger charge is 2.26. The van der Waals surface area contributed by atoms with E-state index >= 15 is 0 Å². The maximum atomic E-state index is 9.33. The molecule has 0 bridgehead atoms. The van der Waals surface area contributed by atoms with E-state index in [-0.39, 0.29) is 0 Å². The van der Waals surface area contributed by atoms with Gasteiger partial charge in [0.2, 0.25) is 0 Å².